The van der Waals surface area contributed by atoms with Crippen LogP contribution in [0.1, 0.15) is 27.7 Å². The molecule has 0 fully saturated rings. The van der Waals surface area contributed by atoms with Crippen LogP contribution in [0.15, 0.2) is 0 Å². The number of ether oxygens (including phenoxy) is 2. The van der Waals surface area contributed by atoms with Gasteiger partial charge < -0.3 is 9.47 Å². The van der Waals surface area contributed by atoms with Crippen LogP contribution in [0.2, 0.25) is 0 Å². The van der Waals surface area contributed by atoms with Gasteiger partial charge in [0.15, 0.2) is 0 Å². The van der Waals surface area contributed by atoms with E-state index in [-0.39, 0.29) is 17.8 Å². The van der Waals surface area contributed by atoms with Crippen molar-refractivity contribution in [3.63, 3.8) is 0 Å². The Morgan fingerprint density at radius 2 is 1.85 bits per heavy atom. The van der Waals surface area contributed by atoms with Crippen LogP contribution in [-0.4, -0.2) is 25.8 Å². The van der Waals surface area contributed by atoms with Crippen molar-refractivity contribution in [3.05, 3.63) is 0 Å². The quantitative estimate of drug-likeness (QED) is 0.597. The van der Waals surface area contributed by atoms with Gasteiger partial charge in [-0.25, -0.2) is 0 Å². The van der Waals surface area contributed by atoms with Gasteiger partial charge in [0.05, 0.1) is 19.1 Å². The average molecular weight is 188 g/mol. The van der Waals surface area contributed by atoms with Gasteiger partial charge in [-0.3, -0.25) is 4.79 Å². The molecule has 0 saturated carbocycles. The van der Waals surface area contributed by atoms with Crippen LogP contribution in [0.25, 0.3) is 0 Å². The number of hydrogen-bond donors (Lipinski definition) is 0. The molecular formula is C10H20O3. The summed E-state index contributed by atoms with van der Waals surface area (Å²) in [5.41, 5.74) is 0. The van der Waals surface area contributed by atoms with Gasteiger partial charge in [-0.05, 0) is 19.8 Å². The van der Waals surface area contributed by atoms with E-state index in [2.05, 4.69) is 0 Å². The largest absolute Gasteiger partial charge is 0.466 e. The minimum absolute atomic E-state index is 0.125. The maximum absolute atomic E-state index is 11.4. The Bertz CT molecular complexity index is 143. The van der Waals surface area contributed by atoms with Crippen molar-refractivity contribution >= 4 is 5.97 Å². The molecule has 78 valence electrons. The highest BCUT2D eigenvalue weighted by atomic mass is 16.5. The molecule has 0 aliphatic carbocycles. The first kappa shape index (κ1) is 12.4. The van der Waals surface area contributed by atoms with E-state index in [0.29, 0.717) is 19.8 Å². The summed E-state index contributed by atoms with van der Waals surface area (Å²) in [5.74, 6) is -0.00329. The monoisotopic (exact) mass is 188 g/mol. The van der Waals surface area contributed by atoms with Gasteiger partial charge in [0, 0.05) is 6.61 Å². The second kappa shape index (κ2) is 6.89. The van der Waals surface area contributed by atoms with Crippen LogP contribution in [0, 0.1) is 11.8 Å². The Morgan fingerprint density at radius 3 is 2.23 bits per heavy atom. The van der Waals surface area contributed by atoms with Crippen molar-refractivity contribution in [2.75, 3.05) is 19.8 Å². The minimum atomic E-state index is -0.147. The average Bonchev–Trinajstić information content (AvgIpc) is 2.05. The molecule has 13 heavy (non-hydrogen) atoms. The predicted molar refractivity (Wildman–Crippen MR) is 51.5 cm³/mol. The van der Waals surface area contributed by atoms with Crippen LogP contribution >= 0.6 is 0 Å². The van der Waals surface area contributed by atoms with Crippen LogP contribution in [0.3, 0.4) is 0 Å². The van der Waals surface area contributed by atoms with Crippen molar-refractivity contribution in [2.24, 2.45) is 11.8 Å². The second-order valence-corrected chi connectivity index (χ2v) is 3.26. The lowest BCUT2D eigenvalue weighted by Gasteiger charge is -2.18. The molecule has 1 unspecified atom stereocenters. The Balaban J connectivity index is 3.99. The second-order valence-electron chi connectivity index (χ2n) is 3.26. The normalized spacial score (nSPS) is 13.0. The lowest BCUT2D eigenvalue weighted by Crippen LogP contribution is -2.27. The van der Waals surface area contributed by atoms with Crippen molar-refractivity contribution in [3.8, 4) is 0 Å². The number of rotatable bonds is 6. The Morgan fingerprint density at radius 1 is 1.23 bits per heavy atom. The van der Waals surface area contributed by atoms with Crippen molar-refractivity contribution in [1.29, 1.82) is 0 Å². The lowest BCUT2D eigenvalue weighted by molar-refractivity contribution is -0.152. The first-order valence-corrected chi connectivity index (χ1v) is 4.87. The summed E-state index contributed by atoms with van der Waals surface area (Å²) in [5, 5.41) is 0. The van der Waals surface area contributed by atoms with Gasteiger partial charge in [-0.15, -0.1) is 0 Å². The van der Waals surface area contributed by atoms with E-state index in [1.807, 2.05) is 27.7 Å². The maximum atomic E-state index is 11.4. The van der Waals surface area contributed by atoms with E-state index >= 15 is 0 Å². The first-order valence-electron chi connectivity index (χ1n) is 4.87. The molecule has 0 spiro atoms. The number of esters is 1. The molecule has 0 N–H and O–H groups in total. The van der Waals surface area contributed by atoms with Crippen molar-refractivity contribution in [1.82, 2.24) is 0 Å². The van der Waals surface area contributed by atoms with Crippen LogP contribution in [0.5, 0.6) is 0 Å². The van der Waals surface area contributed by atoms with E-state index in [1.165, 1.54) is 0 Å². The number of hydrogen-bond acceptors (Lipinski definition) is 3. The highest BCUT2D eigenvalue weighted by Gasteiger charge is 2.23. The minimum Gasteiger partial charge on any atom is -0.466 e. The molecule has 1 atom stereocenters. The van der Waals surface area contributed by atoms with Gasteiger partial charge in [-0.1, -0.05) is 13.8 Å². The summed E-state index contributed by atoms with van der Waals surface area (Å²) in [6.45, 7) is 9.28. The summed E-state index contributed by atoms with van der Waals surface area (Å²) in [6, 6.07) is 0. The van der Waals surface area contributed by atoms with Crippen LogP contribution in [-0.2, 0) is 14.3 Å². The Kier molecular flexibility index (Phi) is 6.59. The summed E-state index contributed by atoms with van der Waals surface area (Å²) in [7, 11) is 0. The molecule has 3 heteroatoms. The molecule has 0 heterocycles. The SMILES string of the molecule is CCOCC(C(=O)OCC)C(C)C. The van der Waals surface area contributed by atoms with E-state index in [0.717, 1.165) is 0 Å². The third-order valence-corrected chi connectivity index (χ3v) is 1.90. The molecule has 3 nitrogen and oxygen atoms in total. The molecule has 0 aromatic heterocycles. The number of carbonyl (C=O) groups excluding carboxylic acids is 1. The van der Waals surface area contributed by atoms with Gasteiger partial charge >= 0.3 is 5.97 Å². The summed E-state index contributed by atoms with van der Waals surface area (Å²) in [6.07, 6.45) is 0. The molecule has 0 aromatic carbocycles. The standard InChI is InChI=1S/C10H20O3/c1-5-12-7-9(8(3)4)10(11)13-6-2/h8-9H,5-7H2,1-4H3. The lowest BCUT2D eigenvalue weighted by atomic mass is 9.97. The van der Waals surface area contributed by atoms with Crippen molar-refractivity contribution < 1.29 is 14.3 Å². The highest BCUT2D eigenvalue weighted by Crippen LogP contribution is 2.13. The van der Waals surface area contributed by atoms with Crippen molar-refractivity contribution in [2.45, 2.75) is 27.7 Å². The third-order valence-electron chi connectivity index (χ3n) is 1.90. The van der Waals surface area contributed by atoms with E-state index in [9.17, 15) is 4.79 Å². The zero-order valence-corrected chi connectivity index (χ0v) is 9.00. The fraction of sp³-hybridized carbons (Fsp3) is 0.900. The zero-order chi connectivity index (χ0) is 10.3. The topological polar surface area (TPSA) is 35.5 Å². The third kappa shape index (κ3) is 4.88. The molecular weight excluding hydrogens is 168 g/mol. The molecule has 0 bridgehead atoms. The molecule has 0 aliphatic heterocycles. The molecule has 0 saturated heterocycles. The highest BCUT2D eigenvalue weighted by molar-refractivity contribution is 5.72. The van der Waals surface area contributed by atoms with E-state index in [4.69, 9.17) is 9.47 Å². The Hall–Kier alpha value is -0.570. The van der Waals surface area contributed by atoms with Gasteiger partial charge in [0.25, 0.3) is 0 Å². The fourth-order valence-corrected chi connectivity index (χ4v) is 1.03. The maximum Gasteiger partial charge on any atom is 0.311 e. The van der Waals surface area contributed by atoms with Crippen LogP contribution < -0.4 is 0 Å². The van der Waals surface area contributed by atoms with Gasteiger partial charge in [0.2, 0.25) is 0 Å². The fourth-order valence-electron chi connectivity index (χ4n) is 1.03. The smallest absolute Gasteiger partial charge is 0.311 e. The van der Waals surface area contributed by atoms with Gasteiger partial charge in [0.1, 0.15) is 0 Å². The summed E-state index contributed by atoms with van der Waals surface area (Å²) >= 11 is 0. The molecule has 0 amide bonds. The van der Waals surface area contributed by atoms with E-state index in [1.54, 1.807) is 0 Å². The number of carbonyl (C=O) groups is 1. The summed E-state index contributed by atoms with van der Waals surface area (Å²) in [4.78, 5) is 11.4. The summed E-state index contributed by atoms with van der Waals surface area (Å²) < 4.78 is 10.2. The van der Waals surface area contributed by atoms with Crippen LogP contribution in [0.4, 0.5) is 0 Å². The molecule has 0 rings (SSSR count). The molecule has 0 aliphatic rings. The Labute approximate surface area is 80.4 Å². The first-order chi connectivity index (χ1) is 6.13. The predicted octanol–water partition coefficient (Wildman–Crippen LogP) is 1.86. The molecule has 0 radical (unpaired) electrons. The zero-order valence-electron chi connectivity index (χ0n) is 9.00. The van der Waals surface area contributed by atoms with E-state index < -0.39 is 0 Å². The van der Waals surface area contributed by atoms with Gasteiger partial charge in [-0.2, -0.15) is 0 Å². The molecule has 0 aromatic rings.